The lowest BCUT2D eigenvalue weighted by Crippen LogP contribution is -2.27. The largest absolute Gasteiger partial charge is 0.339 e. The zero-order valence-corrected chi connectivity index (χ0v) is 12.9. The first-order valence-corrected chi connectivity index (χ1v) is 8.64. The molecule has 0 atom stereocenters. The molecule has 1 heterocycles. The monoisotopic (exact) mass is 369 g/mol. The van der Waals surface area contributed by atoms with Crippen LogP contribution in [0.1, 0.15) is 23.2 Å². The molecule has 0 spiro atoms. The first kappa shape index (κ1) is 14.7. The second kappa shape index (κ2) is 5.38. The number of halogens is 3. The Labute approximate surface area is 123 Å². The van der Waals surface area contributed by atoms with Crippen molar-refractivity contribution in [1.29, 1.82) is 0 Å². The van der Waals surface area contributed by atoms with E-state index in [2.05, 4.69) is 15.9 Å². The van der Waals surface area contributed by atoms with Gasteiger partial charge in [0.05, 0.1) is 4.47 Å². The van der Waals surface area contributed by atoms with E-state index in [0.29, 0.717) is 13.1 Å². The van der Waals surface area contributed by atoms with Crippen molar-refractivity contribution >= 4 is 41.6 Å². The van der Waals surface area contributed by atoms with E-state index in [4.69, 9.17) is 10.7 Å². The Bertz CT molecular complexity index is 629. The van der Waals surface area contributed by atoms with Gasteiger partial charge in [-0.1, -0.05) is 0 Å². The van der Waals surface area contributed by atoms with Crippen molar-refractivity contribution in [3.63, 3.8) is 0 Å². The Balaban J connectivity index is 2.48. The Morgan fingerprint density at radius 2 is 1.89 bits per heavy atom. The lowest BCUT2D eigenvalue weighted by Gasteiger charge is -2.16. The Kier molecular flexibility index (Phi) is 4.17. The number of rotatable bonds is 2. The van der Waals surface area contributed by atoms with Crippen LogP contribution in [0.2, 0.25) is 0 Å². The van der Waals surface area contributed by atoms with Crippen molar-refractivity contribution in [3.05, 3.63) is 28.0 Å². The Hall–Kier alpha value is -0.660. The maximum Gasteiger partial charge on any atom is 0.262 e. The summed E-state index contributed by atoms with van der Waals surface area (Å²) in [4.78, 5) is 13.2. The number of hydrogen-bond donors (Lipinski definition) is 0. The minimum atomic E-state index is -4.12. The SMILES string of the molecule is O=C(c1cc(F)c(Br)c(S(=O)(=O)Cl)c1)N1CCCC1. The molecule has 0 bridgehead atoms. The van der Waals surface area contributed by atoms with Crippen LogP contribution in [0.4, 0.5) is 4.39 Å². The number of carbonyl (C=O) groups is 1. The minimum Gasteiger partial charge on any atom is -0.339 e. The molecule has 0 aliphatic carbocycles. The third kappa shape index (κ3) is 3.09. The van der Waals surface area contributed by atoms with Crippen LogP contribution in [-0.2, 0) is 9.05 Å². The lowest BCUT2D eigenvalue weighted by atomic mass is 10.2. The number of likely N-dealkylation sites (tertiary alicyclic amines) is 1. The van der Waals surface area contributed by atoms with Gasteiger partial charge in [0.15, 0.2) is 0 Å². The number of benzene rings is 1. The molecule has 19 heavy (non-hydrogen) atoms. The number of nitrogens with zero attached hydrogens (tertiary/aromatic N) is 1. The van der Waals surface area contributed by atoms with Gasteiger partial charge in [0, 0.05) is 29.3 Å². The number of amides is 1. The van der Waals surface area contributed by atoms with E-state index in [1.54, 1.807) is 4.90 Å². The molecule has 0 aromatic heterocycles. The second-order valence-electron chi connectivity index (χ2n) is 4.21. The van der Waals surface area contributed by atoms with Gasteiger partial charge in [-0.15, -0.1) is 0 Å². The highest BCUT2D eigenvalue weighted by Gasteiger charge is 2.25. The number of hydrogen-bond acceptors (Lipinski definition) is 3. The molecule has 1 aromatic carbocycles. The van der Waals surface area contributed by atoms with Crippen LogP contribution in [-0.4, -0.2) is 32.3 Å². The Morgan fingerprint density at radius 3 is 2.42 bits per heavy atom. The maximum absolute atomic E-state index is 13.7. The Morgan fingerprint density at radius 1 is 1.32 bits per heavy atom. The summed E-state index contributed by atoms with van der Waals surface area (Å²) in [6.45, 7) is 1.19. The summed E-state index contributed by atoms with van der Waals surface area (Å²) >= 11 is 2.82. The zero-order chi connectivity index (χ0) is 14.2. The molecule has 1 aliphatic heterocycles. The van der Waals surface area contributed by atoms with E-state index in [-0.39, 0.29) is 15.9 Å². The molecule has 1 aromatic rings. The topological polar surface area (TPSA) is 54.5 Å². The number of carbonyl (C=O) groups excluding carboxylic acids is 1. The van der Waals surface area contributed by atoms with Crippen molar-refractivity contribution in [3.8, 4) is 0 Å². The molecule has 104 valence electrons. The lowest BCUT2D eigenvalue weighted by molar-refractivity contribution is 0.0792. The maximum atomic E-state index is 13.7. The molecule has 8 heteroatoms. The average Bonchev–Trinajstić information content (AvgIpc) is 2.83. The van der Waals surface area contributed by atoms with Gasteiger partial charge >= 0.3 is 0 Å². The van der Waals surface area contributed by atoms with E-state index in [1.165, 1.54) is 0 Å². The molecule has 1 saturated heterocycles. The van der Waals surface area contributed by atoms with E-state index in [0.717, 1.165) is 25.0 Å². The zero-order valence-electron chi connectivity index (χ0n) is 9.70. The molecule has 1 fully saturated rings. The molecule has 0 radical (unpaired) electrons. The molecule has 2 rings (SSSR count). The summed E-state index contributed by atoms with van der Waals surface area (Å²) in [5.74, 6) is -1.21. The van der Waals surface area contributed by atoms with Gasteiger partial charge in [-0.25, -0.2) is 12.8 Å². The highest BCUT2D eigenvalue weighted by Crippen LogP contribution is 2.29. The third-order valence-electron chi connectivity index (χ3n) is 2.90. The van der Waals surface area contributed by atoms with Crippen LogP contribution in [0.3, 0.4) is 0 Å². The van der Waals surface area contributed by atoms with Gasteiger partial charge in [0.2, 0.25) is 0 Å². The minimum absolute atomic E-state index is 0.0122. The summed E-state index contributed by atoms with van der Waals surface area (Å²) in [6.07, 6.45) is 1.79. The summed E-state index contributed by atoms with van der Waals surface area (Å²) in [5.41, 5.74) is -0.0122. The highest BCUT2D eigenvalue weighted by molar-refractivity contribution is 9.10. The fourth-order valence-corrected chi connectivity index (χ4v) is 4.06. The van der Waals surface area contributed by atoms with E-state index >= 15 is 0 Å². The molecular weight excluding hydrogens is 361 g/mol. The van der Waals surface area contributed by atoms with Crippen molar-refractivity contribution in [1.82, 2.24) is 4.90 Å². The third-order valence-corrected chi connectivity index (χ3v) is 5.31. The molecule has 4 nitrogen and oxygen atoms in total. The molecule has 1 aliphatic rings. The molecule has 0 unspecified atom stereocenters. The molecule has 0 N–H and O–H groups in total. The summed E-state index contributed by atoms with van der Waals surface area (Å²) in [5, 5.41) is 0. The standard InChI is InChI=1S/C11H10BrClFNO3S/c12-10-8(14)5-7(6-9(10)19(13,17)18)11(16)15-3-1-2-4-15/h5-6H,1-4H2. The highest BCUT2D eigenvalue weighted by atomic mass is 79.9. The average molecular weight is 371 g/mol. The summed E-state index contributed by atoms with van der Waals surface area (Å²) in [6, 6.07) is 2.10. The van der Waals surface area contributed by atoms with E-state index in [1.807, 2.05) is 0 Å². The fourth-order valence-electron chi connectivity index (χ4n) is 1.97. The first-order chi connectivity index (χ1) is 8.80. The van der Waals surface area contributed by atoms with Gasteiger partial charge < -0.3 is 4.90 Å². The van der Waals surface area contributed by atoms with Crippen molar-refractivity contribution in [2.24, 2.45) is 0 Å². The van der Waals surface area contributed by atoms with Crippen LogP contribution in [0, 0.1) is 5.82 Å². The van der Waals surface area contributed by atoms with Crippen molar-refractivity contribution < 1.29 is 17.6 Å². The molecular formula is C11H10BrClFNO3S. The second-order valence-corrected chi connectivity index (χ2v) is 7.53. The summed E-state index contributed by atoms with van der Waals surface area (Å²) in [7, 11) is 1.10. The van der Waals surface area contributed by atoms with Gasteiger partial charge in [0.25, 0.3) is 15.0 Å². The van der Waals surface area contributed by atoms with E-state index in [9.17, 15) is 17.6 Å². The van der Waals surface area contributed by atoms with Crippen LogP contribution in [0.15, 0.2) is 21.5 Å². The van der Waals surface area contributed by atoms with Crippen molar-refractivity contribution in [2.45, 2.75) is 17.7 Å². The smallest absolute Gasteiger partial charge is 0.262 e. The first-order valence-electron chi connectivity index (χ1n) is 5.53. The van der Waals surface area contributed by atoms with E-state index < -0.39 is 19.8 Å². The predicted molar refractivity (Wildman–Crippen MR) is 72.3 cm³/mol. The molecule has 1 amide bonds. The van der Waals surface area contributed by atoms with Gasteiger partial charge in [-0.2, -0.15) is 0 Å². The van der Waals surface area contributed by atoms with Crippen LogP contribution >= 0.6 is 26.6 Å². The predicted octanol–water partition coefficient (Wildman–Crippen LogP) is 2.75. The molecule has 0 saturated carbocycles. The summed E-state index contributed by atoms with van der Waals surface area (Å²) < 4.78 is 36.1. The van der Waals surface area contributed by atoms with Gasteiger partial charge in [-0.05, 0) is 40.9 Å². The van der Waals surface area contributed by atoms with Crippen molar-refractivity contribution in [2.75, 3.05) is 13.1 Å². The van der Waals surface area contributed by atoms with Gasteiger partial charge in [-0.3, -0.25) is 4.79 Å². The van der Waals surface area contributed by atoms with Gasteiger partial charge in [0.1, 0.15) is 10.7 Å². The van der Waals surface area contributed by atoms with Crippen LogP contribution in [0.25, 0.3) is 0 Å². The van der Waals surface area contributed by atoms with Crippen LogP contribution in [0.5, 0.6) is 0 Å². The fraction of sp³-hybridized carbons (Fsp3) is 0.364. The quantitative estimate of drug-likeness (QED) is 0.752. The normalized spacial score (nSPS) is 15.8. The van der Waals surface area contributed by atoms with Crippen LogP contribution < -0.4 is 0 Å².